The minimum Gasteiger partial charge on any atom is -0.465 e. The number of amides is 2. The van der Waals surface area contributed by atoms with E-state index in [4.69, 9.17) is 9.72 Å². The topological polar surface area (TPSA) is 111 Å². The maximum absolute atomic E-state index is 14.6. The van der Waals surface area contributed by atoms with Crippen LogP contribution < -0.4 is 15.8 Å². The van der Waals surface area contributed by atoms with Crippen molar-refractivity contribution in [1.29, 1.82) is 0 Å². The Bertz CT molecular complexity index is 1850. The number of nitrogens with one attached hydrogen (secondary N) is 1. The first-order chi connectivity index (χ1) is 19.8. The molecular formula is C32H28N4O5. The molecule has 7 rings (SSSR count). The summed E-state index contributed by atoms with van der Waals surface area (Å²) in [5, 5.41) is 4.17. The molecule has 3 aromatic carbocycles. The smallest absolute Gasteiger partial charge is 0.339 e. The third kappa shape index (κ3) is 3.29. The van der Waals surface area contributed by atoms with Crippen molar-refractivity contribution in [2.45, 2.75) is 31.8 Å². The lowest BCUT2D eigenvalue weighted by Crippen LogP contribution is -2.50. The van der Waals surface area contributed by atoms with E-state index < -0.39 is 29.3 Å². The number of benzene rings is 3. The Kier molecular flexibility index (Phi) is 5.53. The zero-order valence-corrected chi connectivity index (χ0v) is 22.8. The van der Waals surface area contributed by atoms with Gasteiger partial charge >= 0.3 is 5.97 Å². The van der Waals surface area contributed by atoms with Gasteiger partial charge in [-0.15, -0.1) is 0 Å². The van der Waals surface area contributed by atoms with Crippen molar-refractivity contribution in [1.82, 2.24) is 14.9 Å². The monoisotopic (exact) mass is 548 g/mol. The molecule has 4 heterocycles. The Hall–Kier alpha value is -4.63. The molecule has 0 bridgehead atoms. The Morgan fingerprint density at radius 1 is 0.951 bits per heavy atom. The number of methoxy groups -OCH3 is 1. The highest BCUT2D eigenvalue weighted by atomic mass is 16.5. The maximum atomic E-state index is 14.6. The Labute approximate surface area is 235 Å². The minimum atomic E-state index is -1.23. The van der Waals surface area contributed by atoms with E-state index in [1.165, 1.54) is 7.11 Å². The van der Waals surface area contributed by atoms with Crippen LogP contribution in [0.1, 0.15) is 42.0 Å². The molecule has 206 valence electrons. The van der Waals surface area contributed by atoms with Crippen molar-refractivity contribution in [3.8, 4) is 5.69 Å². The van der Waals surface area contributed by atoms with Crippen LogP contribution in [0, 0.1) is 17.8 Å². The second kappa shape index (κ2) is 8.94. The predicted octanol–water partition coefficient (Wildman–Crippen LogP) is 3.55. The molecule has 1 spiro atoms. The highest BCUT2D eigenvalue weighted by Crippen LogP contribution is 2.56. The first-order valence-electron chi connectivity index (χ1n) is 13.7. The highest BCUT2D eigenvalue weighted by molar-refractivity contribution is 6.25. The number of para-hydroxylation sites is 3. The third-order valence-electron chi connectivity index (χ3n) is 8.64. The fourth-order valence-corrected chi connectivity index (χ4v) is 7.12. The summed E-state index contributed by atoms with van der Waals surface area (Å²) < 4.78 is 6.55. The van der Waals surface area contributed by atoms with Crippen molar-refractivity contribution in [3.05, 3.63) is 100 Å². The molecule has 0 aliphatic carbocycles. The Morgan fingerprint density at radius 2 is 1.63 bits per heavy atom. The van der Waals surface area contributed by atoms with E-state index in [2.05, 4.69) is 19.2 Å². The lowest BCUT2D eigenvalue weighted by molar-refractivity contribution is -0.123. The molecule has 3 aliphatic rings. The van der Waals surface area contributed by atoms with Gasteiger partial charge in [0.2, 0.25) is 11.8 Å². The van der Waals surface area contributed by atoms with Gasteiger partial charge in [0, 0.05) is 11.6 Å². The van der Waals surface area contributed by atoms with Gasteiger partial charge in [-0.1, -0.05) is 56.3 Å². The highest BCUT2D eigenvalue weighted by Gasteiger charge is 2.69. The van der Waals surface area contributed by atoms with Gasteiger partial charge in [-0.2, -0.15) is 0 Å². The first-order valence-corrected chi connectivity index (χ1v) is 13.7. The van der Waals surface area contributed by atoms with Crippen molar-refractivity contribution < 1.29 is 19.1 Å². The summed E-state index contributed by atoms with van der Waals surface area (Å²) in [4.78, 5) is 61.7. The number of carbonyl (C=O) groups is 3. The first kappa shape index (κ1) is 25.3. The molecule has 0 radical (unpaired) electrons. The quantitative estimate of drug-likeness (QED) is 0.307. The lowest BCUT2D eigenvalue weighted by Gasteiger charge is -2.32. The minimum absolute atomic E-state index is 0.131. The standard InChI is InChI=1S/C32H28N4O5/c1-17(2)16-22-25-26(29(39)35(28(25)38)23-14-8-5-11-19(23)30(40)41-3)32(34-22)20-12-6-9-15-24(20)36-27(37)18-10-4-7-13-21(18)33-31(32)36/h4-15,17,22,25-26,34H,16H2,1-3H3/t22-,25-,26+,32+/m0/s1. The summed E-state index contributed by atoms with van der Waals surface area (Å²) in [6, 6.07) is 20.7. The van der Waals surface area contributed by atoms with Gasteiger partial charge in [0.25, 0.3) is 5.56 Å². The molecule has 9 heteroatoms. The Balaban J connectivity index is 1.51. The number of esters is 1. The number of nitrogens with zero attached hydrogens (tertiary/aromatic N) is 3. The largest absolute Gasteiger partial charge is 0.465 e. The second-order valence-corrected chi connectivity index (χ2v) is 11.3. The zero-order chi connectivity index (χ0) is 28.6. The number of rotatable bonds is 4. The van der Waals surface area contributed by atoms with Crippen LogP contribution in [0.4, 0.5) is 5.69 Å². The fourth-order valence-electron chi connectivity index (χ4n) is 7.12. The van der Waals surface area contributed by atoms with E-state index in [-0.39, 0.29) is 34.7 Å². The van der Waals surface area contributed by atoms with Gasteiger partial charge in [-0.05, 0) is 42.7 Å². The summed E-state index contributed by atoms with van der Waals surface area (Å²) in [5.74, 6) is -2.49. The van der Waals surface area contributed by atoms with Crippen LogP contribution >= 0.6 is 0 Å². The molecule has 1 aromatic heterocycles. The molecule has 1 N–H and O–H groups in total. The molecule has 4 atom stereocenters. The fraction of sp³-hybridized carbons (Fsp3) is 0.281. The average molecular weight is 549 g/mol. The van der Waals surface area contributed by atoms with Gasteiger partial charge < -0.3 is 4.74 Å². The van der Waals surface area contributed by atoms with E-state index in [1.54, 1.807) is 47.0 Å². The SMILES string of the molecule is COC(=O)c1ccccc1N1C(=O)[C@H]2[C@H](CC(C)C)N[C@]3(c4ccccc4-n4c3nc3ccccc3c4=O)[C@H]2C1=O. The van der Waals surface area contributed by atoms with Crippen molar-refractivity contribution >= 4 is 34.4 Å². The normalized spacial score (nSPS) is 24.3. The van der Waals surface area contributed by atoms with Gasteiger partial charge in [0.05, 0.1) is 46.8 Å². The number of imide groups is 1. The number of hydrogen-bond donors (Lipinski definition) is 1. The summed E-state index contributed by atoms with van der Waals surface area (Å²) in [7, 11) is 1.26. The van der Waals surface area contributed by atoms with Gasteiger partial charge in [-0.3, -0.25) is 24.3 Å². The number of anilines is 1. The van der Waals surface area contributed by atoms with Crippen molar-refractivity contribution in [3.63, 3.8) is 0 Å². The molecule has 0 unspecified atom stereocenters. The molecule has 3 aliphatic heterocycles. The maximum Gasteiger partial charge on any atom is 0.339 e. The molecule has 2 saturated heterocycles. The van der Waals surface area contributed by atoms with Crippen LogP contribution in [-0.2, 0) is 19.9 Å². The van der Waals surface area contributed by atoms with Crippen LogP contribution in [0.5, 0.6) is 0 Å². The lowest BCUT2D eigenvalue weighted by atomic mass is 9.75. The van der Waals surface area contributed by atoms with E-state index >= 15 is 0 Å². The van der Waals surface area contributed by atoms with Crippen LogP contribution in [0.15, 0.2) is 77.6 Å². The van der Waals surface area contributed by atoms with E-state index in [9.17, 15) is 19.2 Å². The van der Waals surface area contributed by atoms with Crippen LogP contribution in [0.25, 0.3) is 16.6 Å². The van der Waals surface area contributed by atoms with Gasteiger partial charge in [0.15, 0.2) is 0 Å². The summed E-state index contributed by atoms with van der Waals surface area (Å²) in [6.45, 7) is 4.14. The van der Waals surface area contributed by atoms with Crippen LogP contribution in [-0.4, -0.2) is 40.5 Å². The van der Waals surface area contributed by atoms with Gasteiger partial charge in [0.1, 0.15) is 11.4 Å². The molecular weight excluding hydrogens is 520 g/mol. The van der Waals surface area contributed by atoms with E-state index in [1.807, 2.05) is 30.3 Å². The van der Waals surface area contributed by atoms with E-state index in [0.29, 0.717) is 28.8 Å². The number of aromatic nitrogens is 2. The number of hydrogen-bond acceptors (Lipinski definition) is 7. The summed E-state index contributed by atoms with van der Waals surface area (Å²) in [6.07, 6.45) is 0.619. The molecule has 9 nitrogen and oxygen atoms in total. The second-order valence-electron chi connectivity index (χ2n) is 11.3. The number of carbonyl (C=O) groups excluding carboxylic acids is 3. The summed E-state index contributed by atoms with van der Waals surface area (Å²) >= 11 is 0. The van der Waals surface area contributed by atoms with E-state index in [0.717, 1.165) is 10.5 Å². The molecule has 4 aromatic rings. The average Bonchev–Trinajstić information content (AvgIpc) is 3.55. The molecule has 41 heavy (non-hydrogen) atoms. The van der Waals surface area contributed by atoms with Crippen LogP contribution in [0.2, 0.25) is 0 Å². The van der Waals surface area contributed by atoms with Gasteiger partial charge in [-0.25, -0.2) is 14.7 Å². The van der Waals surface area contributed by atoms with Crippen molar-refractivity contribution in [2.24, 2.45) is 17.8 Å². The molecule has 2 fully saturated rings. The number of fused-ring (bicyclic) bond motifs is 8. The van der Waals surface area contributed by atoms with Crippen molar-refractivity contribution in [2.75, 3.05) is 12.0 Å². The van der Waals surface area contributed by atoms with Crippen LogP contribution in [0.3, 0.4) is 0 Å². The zero-order valence-electron chi connectivity index (χ0n) is 22.8. The predicted molar refractivity (Wildman–Crippen MR) is 152 cm³/mol. The molecule has 2 amide bonds. The summed E-state index contributed by atoms with van der Waals surface area (Å²) in [5.41, 5.74) is 0.743. The third-order valence-corrected chi connectivity index (χ3v) is 8.64. The molecule has 0 saturated carbocycles. The Morgan fingerprint density at radius 3 is 2.39 bits per heavy atom. The number of ether oxygens (including phenoxy) is 1.